The van der Waals surface area contributed by atoms with Crippen molar-refractivity contribution in [1.29, 1.82) is 0 Å². The third-order valence-electron chi connectivity index (χ3n) is 1.67. The van der Waals surface area contributed by atoms with Gasteiger partial charge < -0.3 is 5.11 Å². The molecule has 7 heteroatoms. The normalized spacial score (nSPS) is 10.6. The number of thiazole rings is 1. The SMILES string of the molecule is O=C(O)CSc1nc(-c2csc(Cl)c2)cs1. The molecular formula is C9H6ClNO2S3. The molecule has 0 aliphatic heterocycles. The van der Waals surface area contributed by atoms with E-state index in [1.165, 1.54) is 34.4 Å². The van der Waals surface area contributed by atoms with Crippen LogP contribution in [0.4, 0.5) is 0 Å². The summed E-state index contributed by atoms with van der Waals surface area (Å²) in [6, 6.07) is 1.85. The van der Waals surface area contributed by atoms with Crippen molar-refractivity contribution in [2.45, 2.75) is 4.34 Å². The molecule has 84 valence electrons. The topological polar surface area (TPSA) is 50.2 Å². The quantitative estimate of drug-likeness (QED) is 0.873. The first-order chi connectivity index (χ1) is 7.65. The Labute approximate surface area is 109 Å². The Hall–Kier alpha value is -0.560. The molecule has 2 aromatic heterocycles. The molecule has 0 radical (unpaired) electrons. The fourth-order valence-corrected chi connectivity index (χ4v) is 3.45. The van der Waals surface area contributed by atoms with Gasteiger partial charge in [0.05, 0.1) is 15.8 Å². The first-order valence-corrected chi connectivity index (χ1v) is 7.32. The van der Waals surface area contributed by atoms with E-state index < -0.39 is 5.97 Å². The van der Waals surface area contributed by atoms with Crippen LogP contribution in [0.5, 0.6) is 0 Å². The second kappa shape index (κ2) is 5.18. The summed E-state index contributed by atoms with van der Waals surface area (Å²) in [6.45, 7) is 0. The summed E-state index contributed by atoms with van der Waals surface area (Å²) >= 11 is 9.96. The number of thioether (sulfide) groups is 1. The van der Waals surface area contributed by atoms with Crippen LogP contribution in [0.25, 0.3) is 11.3 Å². The molecule has 2 rings (SSSR count). The summed E-state index contributed by atoms with van der Waals surface area (Å²) in [5.41, 5.74) is 1.83. The van der Waals surface area contributed by atoms with E-state index in [0.717, 1.165) is 19.9 Å². The van der Waals surface area contributed by atoms with Crippen LogP contribution in [0.2, 0.25) is 4.34 Å². The number of nitrogens with zero attached hydrogens (tertiary/aromatic N) is 1. The molecule has 3 nitrogen and oxygen atoms in total. The number of aliphatic carboxylic acids is 1. The Balaban J connectivity index is 2.10. The molecule has 0 aromatic carbocycles. The van der Waals surface area contributed by atoms with Crippen molar-refractivity contribution in [3.63, 3.8) is 0 Å². The summed E-state index contributed by atoms with van der Waals surface area (Å²) < 4.78 is 1.49. The fourth-order valence-electron chi connectivity index (χ4n) is 1.02. The van der Waals surface area contributed by atoms with Crippen molar-refractivity contribution in [1.82, 2.24) is 4.98 Å². The van der Waals surface area contributed by atoms with Crippen molar-refractivity contribution in [3.05, 3.63) is 21.2 Å². The van der Waals surface area contributed by atoms with Gasteiger partial charge in [0.2, 0.25) is 0 Å². The van der Waals surface area contributed by atoms with Gasteiger partial charge in [-0.05, 0) is 6.07 Å². The summed E-state index contributed by atoms with van der Waals surface area (Å²) in [6.07, 6.45) is 0. The van der Waals surface area contributed by atoms with Crippen molar-refractivity contribution < 1.29 is 9.90 Å². The molecule has 16 heavy (non-hydrogen) atoms. The zero-order valence-electron chi connectivity index (χ0n) is 7.84. The number of hydrogen-bond donors (Lipinski definition) is 1. The molecule has 2 aromatic rings. The lowest BCUT2D eigenvalue weighted by Gasteiger charge is -1.90. The zero-order chi connectivity index (χ0) is 11.5. The monoisotopic (exact) mass is 291 g/mol. The molecule has 0 spiro atoms. The number of thiophene rings is 1. The lowest BCUT2D eigenvalue weighted by molar-refractivity contribution is -0.133. The highest BCUT2D eigenvalue weighted by atomic mass is 35.5. The highest BCUT2D eigenvalue weighted by molar-refractivity contribution is 8.01. The predicted octanol–water partition coefficient (Wildman–Crippen LogP) is 3.70. The second-order valence-corrected chi connectivity index (χ2v) is 6.44. The zero-order valence-corrected chi connectivity index (χ0v) is 11.0. The minimum Gasteiger partial charge on any atom is -0.481 e. The molecule has 0 saturated heterocycles. The summed E-state index contributed by atoms with van der Waals surface area (Å²) in [5.74, 6) is -0.794. The number of carboxylic acids is 1. The van der Waals surface area contributed by atoms with Gasteiger partial charge in [-0.2, -0.15) is 0 Å². The standard InChI is InChI=1S/C9H6ClNO2S3/c10-7-1-5(2-14-7)6-3-15-9(11-6)16-4-8(12)13/h1-3H,4H2,(H,12,13). The van der Waals surface area contributed by atoms with E-state index >= 15 is 0 Å². The smallest absolute Gasteiger partial charge is 0.313 e. The molecule has 0 aliphatic carbocycles. The first kappa shape index (κ1) is 11.9. The molecule has 1 N–H and O–H groups in total. The largest absolute Gasteiger partial charge is 0.481 e. The Morgan fingerprint density at radius 3 is 2.94 bits per heavy atom. The number of hydrogen-bond acceptors (Lipinski definition) is 5. The number of carbonyl (C=O) groups is 1. The van der Waals surface area contributed by atoms with Gasteiger partial charge in [-0.15, -0.1) is 22.7 Å². The highest BCUT2D eigenvalue weighted by Crippen LogP contribution is 2.32. The average molecular weight is 292 g/mol. The van der Waals surface area contributed by atoms with Crippen molar-refractivity contribution >= 4 is 52.0 Å². The van der Waals surface area contributed by atoms with Crippen LogP contribution in [-0.2, 0) is 4.79 Å². The highest BCUT2D eigenvalue weighted by Gasteiger charge is 2.08. The van der Waals surface area contributed by atoms with E-state index in [9.17, 15) is 4.79 Å². The molecule has 0 bridgehead atoms. The van der Waals surface area contributed by atoms with Crippen LogP contribution in [0, 0.1) is 0 Å². The lowest BCUT2D eigenvalue weighted by atomic mass is 10.3. The van der Waals surface area contributed by atoms with Gasteiger partial charge in [-0.25, -0.2) is 4.98 Å². The van der Waals surface area contributed by atoms with Crippen LogP contribution in [0.15, 0.2) is 21.2 Å². The van der Waals surface area contributed by atoms with Crippen molar-refractivity contribution in [2.24, 2.45) is 0 Å². The maximum atomic E-state index is 10.4. The van der Waals surface area contributed by atoms with Gasteiger partial charge in [0.1, 0.15) is 0 Å². The minimum absolute atomic E-state index is 0.0390. The summed E-state index contributed by atoms with van der Waals surface area (Å²) in [5, 5.41) is 12.4. The van der Waals surface area contributed by atoms with Gasteiger partial charge in [-0.3, -0.25) is 4.79 Å². The Bertz CT molecular complexity index is 508. The van der Waals surface area contributed by atoms with Gasteiger partial charge in [0.25, 0.3) is 0 Å². The Kier molecular flexibility index (Phi) is 3.86. The van der Waals surface area contributed by atoms with E-state index in [0.29, 0.717) is 0 Å². The number of carboxylic acid groups (broad SMARTS) is 1. The molecule has 0 unspecified atom stereocenters. The van der Waals surface area contributed by atoms with Gasteiger partial charge in [-0.1, -0.05) is 23.4 Å². The molecule has 0 atom stereocenters. The Morgan fingerprint density at radius 1 is 1.50 bits per heavy atom. The van der Waals surface area contributed by atoms with Gasteiger partial charge in [0.15, 0.2) is 4.34 Å². The van der Waals surface area contributed by atoms with Crippen LogP contribution >= 0.6 is 46.0 Å². The van der Waals surface area contributed by atoms with E-state index in [1.54, 1.807) is 0 Å². The number of halogens is 1. The van der Waals surface area contributed by atoms with E-state index in [4.69, 9.17) is 16.7 Å². The second-order valence-electron chi connectivity index (χ2n) is 2.82. The van der Waals surface area contributed by atoms with Gasteiger partial charge in [0, 0.05) is 16.3 Å². The summed E-state index contributed by atoms with van der Waals surface area (Å²) in [4.78, 5) is 14.7. The van der Waals surface area contributed by atoms with Crippen molar-refractivity contribution in [3.8, 4) is 11.3 Å². The van der Waals surface area contributed by atoms with Crippen molar-refractivity contribution in [2.75, 3.05) is 5.75 Å². The third kappa shape index (κ3) is 2.98. The maximum Gasteiger partial charge on any atom is 0.313 e. The molecule has 0 fully saturated rings. The Morgan fingerprint density at radius 2 is 2.31 bits per heavy atom. The van der Waals surface area contributed by atoms with Crippen LogP contribution in [0.1, 0.15) is 0 Å². The van der Waals surface area contributed by atoms with Gasteiger partial charge >= 0.3 is 5.97 Å². The third-order valence-corrected chi connectivity index (χ3v) is 4.76. The predicted molar refractivity (Wildman–Crippen MR) is 68.8 cm³/mol. The van der Waals surface area contributed by atoms with Crippen LogP contribution < -0.4 is 0 Å². The number of aromatic nitrogens is 1. The number of rotatable bonds is 4. The maximum absolute atomic E-state index is 10.4. The molecule has 0 aliphatic rings. The molecule has 0 amide bonds. The van der Waals surface area contributed by atoms with E-state index in [-0.39, 0.29) is 5.75 Å². The average Bonchev–Trinajstić information content (AvgIpc) is 2.83. The van der Waals surface area contributed by atoms with Crippen LogP contribution in [0.3, 0.4) is 0 Å². The van der Waals surface area contributed by atoms with Crippen LogP contribution in [-0.4, -0.2) is 21.8 Å². The molecule has 0 saturated carbocycles. The molecule has 2 heterocycles. The molecular weight excluding hydrogens is 286 g/mol. The van der Waals surface area contributed by atoms with E-state index in [2.05, 4.69) is 4.98 Å². The lowest BCUT2D eigenvalue weighted by Crippen LogP contribution is -1.96. The first-order valence-electron chi connectivity index (χ1n) is 4.19. The van der Waals surface area contributed by atoms with E-state index in [1.807, 2.05) is 16.8 Å². The fraction of sp³-hybridized carbons (Fsp3) is 0.111. The summed E-state index contributed by atoms with van der Waals surface area (Å²) in [7, 11) is 0. The minimum atomic E-state index is -0.833.